The number of halogens is 3. The molecule has 0 aliphatic rings. The molecule has 0 saturated carbocycles. The second-order valence-corrected chi connectivity index (χ2v) is 4.97. The highest BCUT2D eigenvalue weighted by Gasteiger charge is 2.30. The topological polar surface area (TPSA) is 86.3 Å². The van der Waals surface area contributed by atoms with Crippen molar-refractivity contribution in [3.8, 4) is 0 Å². The Kier molecular flexibility index (Phi) is 5.67. The summed E-state index contributed by atoms with van der Waals surface area (Å²) in [4.78, 5) is 21.0. The Morgan fingerprint density at radius 2 is 1.28 bits per heavy atom. The summed E-state index contributed by atoms with van der Waals surface area (Å²) >= 11 is 9.40. The van der Waals surface area contributed by atoms with Crippen molar-refractivity contribution in [2.45, 2.75) is 16.0 Å². The molecule has 9 heteroatoms. The molecule has 0 aliphatic carbocycles. The number of nitrogens with zero attached hydrogens (tertiary/aromatic N) is 2. The van der Waals surface area contributed by atoms with Crippen LogP contribution in [0.2, 0.25) is 0 Å². The van der Waals surface area contributed by atoms with Crippen molar-refractivity contribution in [3.63, 3.8) is 0 Å². The third kappa shape index (κ3) is 2.89. The van der Waals surface area contributed by atoms with Crippen LogP contribution in [0, 0.1) is 20.2 Å². The average Bonchev–Trinajstić information content (AvgIpc) is 2.35. The van der Waals surface area contributed by atoms with Gasteiger partial charge in [0.2, 0.25) is 0 Å². The van der Waals surface area contributed by atoms with Gasteiger partial charge in [0.1, 0.15) is 5.56 Å². The van der Waals surface area contributed by atoms with Gasteiger partial charge in [-0.05, 0) is 6.07 Å². The SMILES string of the molecule is O=[N+]([O-])c1c(CBr)cc(CBr)c([N+](=O)[O-])c1CBr. The van der Waals surface area contributed by atoms with Crippen molar-refractivity contribution in [1.29, 1.82) is 0 Å². The van der Waals surface area contributed by atoms with E-state index in [1.54, 1.807) is 0 Å². The van der Waals surface area contributed by atoms with E-state index in [0.717, 1.165) is 0 Å². The molecule has 6 nitrogen and oxygen atoms in total. The van der Waals surface area contributed by atoms with Crippen LogP contribution in [0.15, 0.2) is 6.07 Å². The van der Waals surface area contributed by atoms with Gasteiger partial charge in [0.25, 0.3) is 11.4 Å². The summed E-state index contributed by atoms with van der Waals surface area (Å²) in [6.45, 7) is 0. The average molecular weight is 447 g/mol. The normalized spacial score (nSPS) is 10.4. The van der Waals surface area contributed by atoms with Crippen molar-refractivity contribution < 1.29 is 9.85 Å². The van der Waals surface area contributed by atoms with Crippen molar-refractivity contribution in [2.75, 3.05) is 0 Å². The number of benzene rings is 1. The van der Waals surface area contributed by atoms with Crippen LogP contribution in [-0.4, -0.2) is 9.85 Å². The van der Waals surface area contributed by atoms with Crippen LogP contribution in [-0.2, 0) is 16.0 Å². The molecule has 1 aromatic carbocycles. The molecule has 18 heavy (non-hydrogen) atoms. The highest BCUT2D eigenvalue weighted by Crippen LogP contribution is 2.38. The second-order valence-electron chi connectivity index (χ2n) is 3.29. The van der Waals surface area contributed by atoms with Crippen molar-refractivity contribution in [2.24, 2.45) is 0 Å². The summed E-state index contributed by atoms with van der Waals surface area (Å²) in [5, 5.41) is 22.7. The van der Waals surface area contributed by atoms with E-state index in [4.69, 9.17) is 0 Å². The predicted octanol–water partition coefficient (Wildman–Crippen LogP) is 4.19. The van der Waals surface area contributed by atoms with Gasteiger partial charge >= 0.3 is 0 Å². The maximum absolute atomic E-state index is 11.1. The summed E-state index contributed by atoms with van der Waals surface area (Å²) in [6, 6.07) is 1.48. The molecular weight excluding hydrogens is 440 g/mol. The molecule has 98 valence electrons. The molecule has 0 unspecified atom stereocenters. The molecule has 1 rings (SSSR count). The summed E-state index contributed by atoms with van der Waals surface area (Å²) in [5.41, 5.74) is 0.528. The summed E-state index contributed by atoms with van der Waals surface area (Å²) in [7, 11) is 0. The molecule has 0 atom stereocenters. The minimum Gasteiger partial charge on any atom is -0.258 e. The third-order valence-corrected chi connectivity index (χ3v) is 4.08. The van der Waals surface area contributed by atoms with Gasteiger partial charge in [0.15, 0.2) is 0 Å². The van der Waals surface area contributed by atoms with E-state index in [2.05, 4.69) is 47.8 Å². The molecule has 0 fully saturated rings. The zero-order valence-electron chi connectivity index (χ0n) is 8.86. The zero-order chi connectivity index (χ0) is 13.9. The summed E-state index contributed by atoms with van der Waals surface area (Å²) < 4.78 is 0. The van der Waals surface area contributed by atoms with Crippen LogP contribution in [0.25, 0.3) is 0 Å². The van der Waals surface area contributed by atoms with Gasteiger partial charge in [-0.3, -0.25) is 20.2 Å². The number of hydrogen-bond donors (Lipinski definition) is 0. The first-order valence-corrected chi connectivity index (χ1v) is 7.98. The van der Waals surface area contributed by atoms with Crippen molar-refractivity contribution in [3.05, 3.63) is 43.0 Å². The molecule has 0 bridgehead atoms. The Morgan fingerprint density at radius 1 is 0.889 bits per heavy atom. The van der Waals surface area contributed by atoms with Gasteiger partial charge in [0, 0.05) is 27.1 Å². The Bertz CT molecular complexity index is 467. The lowest BCUT2D eigenvalue weighted by molar-refractivity contribution is -0.396. The van der Waals surface area contributed by atoms with Gasteiger partial charge < -0.3 is 0 Å². The van der Waals surface area contributed by atoms with Gasteiger partial charge in [-0.15, -0.1) is 0 Å². The highest BCUT2D eigenvalue weighted by atomic mass is 79.9. The van der Waals surface area contributed by atoms with Crippen LogP contribution in [0.4, 0.5) is 11.4 Å². The van der Waals surface area contributed by atoms with Crippen molar-refractivity contribution >= 4 is 59.2 Å². The standard InChI is InChI=1S/C9H7Br3N2O4/c10-2-5-1-6(3-11)9(14(17)18)7(4-12)8(5)13(15)16/h1H,2-4H2. The van der Waals surface area contributed by atoms with Crippen LogP contribution in [0.5, 0.6) is 0 Å². The first kappa shape index (κ1) is 15.5. The van der Waals surface area contributed by atoms with E-state index in [1.807, 2.05) is 0 Å². The number of hydrogen-bond acceptors (Lipinski definition) is 4. The quantitative estimate of drug-likeness (QED) is 0.385. The van der Waals surface area contributed by atoms with Crippen molar-refractivity contribution in [1.82, 2.24) is 0 Å². The van der Waals surface area contributed by atoms with E-state index in [9.17, 15) is 20.2 Å². The fraction of sp³-hybridized carbons (Fsp3) is 0.333. The Balaban J connectivity index is 3.75. The third-order valence-electron chi connectivity index (χ3n) is 2.32. The monoisotopic (exact) mass is 444 g/mol. The smallest absolute Gasteiger partial charge is 0.258 e. The van der Waals surface area contributed by atoms with Crippen LogP contribution in [0.3, 0.4) is 0 Å². The van der Waals surface area contributed by atoms with Gasteiger partial charge in [-0.1, -0.05) is 47.8 Å². The van der Waals surface area contributed by atoms with E-state index in [0.29, 0.717) is 11.1 Å². The first-order valence-electron chi connectivity index (χ1n) is 4.62. The Hall–Kier alpha value is -0.540. The number of alkyl halides is 3. The van der Waals surface area contributed by atoms with E-state index >= 15 is 0 Å². The molecule has 0 aliphatic heterocycles. The molecular formula is C9H7Br3N2O4. The zero-order valence-corrected chi connectivity index (χ0v) is 13.6. The van der Waals surface area contributed by atoms with E-state index < -0.39 is 9.85 Å². The first-order chi connectivity index (χ1) is 8.47. The lowest BCUT2D eigenvalue weighted by atomic mass is 10.0. The molecule has 0 aromatic heterocycles. The molecule has 0 radical (unpaired) electrons. The number of rotatable bonds is 5. The minimum atomic E-state index is -0.585. The van der Waals surface area contributed by atoms with Gasteiger partial charge in [0.05, 0.1) is 9.85 Å². The summed E-state index contributed by atoms with van der Waals surface area (Å²) in [5.74, 6) is 0. The number of nitro groups is 2. The maximum Gasteiger partial charge on any atom is 0.284 e. The van der Waals surface area contributed by atoms with Gasteiger partial charge in [-0.25, -0.2) is 0 Å². The van der Waals surface area contributed by atoms with E-state index in [1.165, 1.54) is 6.07 Å². The maximum atomic E-state index is 11.1. The number of nitro benzene ring substituents is 2. The summed E-state index contributed by atoms with van der Waals surface area (Å²) in [6.07, 6.45) is 0. The fourth-order valence-electron chi connectivity index (χ4n) is 1.63. The van der Waals surface area contributed by atoms with Crippen LogP contribution in [0.1, 0.15) is 16.7 Å². The lowest BCUT2D eigenvalue weighted by Gasteiger charge is -2.08. The molecule has 1 aromatic rings. The predicted molar refractivity (Wildman–Crippen MR) is 77.6 cm³/mol. The molecule has 0 N–H and O–H groups in total. The lowest BCUT2D eigenvalue weighted by Crippen LogP contribution is -2.05. The molecule has 0 amide bonds. The largest absolute Gasteiger partial charge is 0.284 e. The van der Waals surface area contributed by atoms with Crippen LogP contribution < -0.4 is 0 Å². The Morgan fingerprint density at radius 3 is 1.50 bits per heavy atom. The molecule has 0 heterocycles. The van der Waals surface area contributed by atoms with E-state index in [-0.39, 0.29) is 32.9 Å². The van der Waals surface area contributed by atoms with Crippen LogP contribution >= 0.6 is 47.8 Å². The molecule has 0 saturated heterocycles. The molecule has 0 spiro atoms. The fourth-order valence-corrected chi connectivity index (χ4v) is 3.02. The second kappa shape index (κ2) is 6.58. The Labute approximate surface area is 127 Å². The highest BCUT2D eigenvalue weighted by molar-refractivity contribution is 9.09. The van der Waals surface area contributed by atoms with Gasteiger partial charge in [-0.2, -0.15) is 0 Å². The minimum absolute atomic E-state index is 0.0560.